The lowest BCUT2D eigenvalue weighted by Crippen LogP contribution is -2.17. The summed E-state index contributed by atoms with van der Waals surface area (Å²) >= 11 is 1.37. The van der Waals surface area contributed by atoms with Crippen molar-refractivity contribution >= 4 is 44.8 Å². The lowest BCUT2D eigenvalue weighted by Gasteiger charge is -2.13. The maximum Gasteiger partial charge on any atom is 0.417 e. The second-order valence-corrected chi connectivity index (χ2v) is 7.56. The molecule has 0 spiro atoms. The Bertz CT molecular complexity index is 892. The highest BCUT2D eigenvalue weighted by Gasteiger charge is 2.32. The number of amides is 1. The average molecular weight is 391 g/mol. The number of nitrogens with one attached hydrogen (secondary N) is 2. The van der Waals surface area contributed by atoms with Gasteiger partial charge in [0.2, 0.25) is 15.9 Å². The van der Waals surface area contributed by atoms with E-state index in [1.54, 1.807) is 17.5 Å². The molecule has 2 aromatic heterocycles. The molecular formula is C14H12F3N3O3S2. The third-order valence-corrected chi connectivity index (χ3v) is 4.10. The minimum Gasteiger partial charge on any atom is -0.319 e. The van der Waals surface area contributed by atoms with Crippen LogP contribution in [-0.4, -0.2) is 25.6 Å². The van der Waals surface area contributed by atoms with E-state index in [9.17, 15) is 26.4 Å². The summed E-state index contributed by atoms with van der Waals surface area (Å²) in [6.45, 7) is 0. The Labute approximate surface area is 145 Å². The molecule has 0 atom stereocenters. The third kappa shape index (κ3) is 5.87. The van der Waals surface area contributed by atoms with Gasteiger partial charge in [0, 0.05) is 17.2 Å². The molecule has 0 unspecified atom stereocenters. The van der Waals surface area contributed by atoms with Crippen molar-refractivity contribution < 1.29 is 26.4 Å². The van der Waals surface area contributed by atoms with E-state index in [-0.39, 0.29) is 0 Å². The number of rotatable bonds is 5. The Hall–Kier alpha value is -2.40. The fourth-order valence-corrected chi connectivity index (χ4v) is 2.82. The molecule has 2 heterocycles. The van der Waals surface area contributed by atoms with Gasteiger partial charge < -0.3 is 5.32 Å². The Kier molecular flexibility index (Phi) is 5.48. The van der Waals surface area contributed by atoms with Crippen LogP contribution in [0.2, 0.25) is 0 Å². The summed E-state index contributed by atoms with van der Waals surface area (Å²) < 4.78 is 63.0. The van der Waals surface area contributed by atoms with Gasteiger partial charge in [-0.1, -0.05) is 6.07 Å². The fourth-order valence-electron chi connectivity index (χ4n) is 1.69. The Morgan fingerprint density at radius 3 is 2.64 bits per heavy atom. The molecule has 0 fully saturated rings. The zero-order chi connectivity index (χ0) is 18.7. The smallest absolute Gasteiger partial charge is 0.319 e. The van der Waals surface area contributed by atoms with Crippen molar-refractivity contribution in [3.05, 3.63) is 46.3 Å². The first-order valence-corrected chi connectivity index (χ1v) is 9.39. The molecule has 0 bridgehead atoms. The van der Waals surface area contributed by atoms with Gasteiger partial charge in [-0.15, -0.1) is 11.3 Å². The van der Waals surface area contributed by atoms with Gasteiger partial charge in [0.25, 0.3) is 0 Å². The predicted octanol–water partition coefficient (Wildman–Crippen LogP) is 3.19. The molecular weight excluding hydrogens is 379 g/mol. The average Bonchev–Trinajstić information content (AvgIpc) is 2.97. The second-order valence-electron chi connectivity index (χ2n) is 4.83. The summed E-state index contributed by atoms with van der Waals surface area (Å²) in [6.07, 6.45) is -0.802. The molecule has 2 N–H and O–H groups in total. The van der Waals surface area contributed by atoms with Gasteiger partial charge in [-0.3, -0.25) is 9.52 Å². The molecule has 0 aliphatic carbocycles. The summed E-state index contributed by atoms with van der Waals surface area (Å²) in [7, 11) is -3.79. The number of aromatic nitrogens is 1. The quantitative estimate of drug-likeness (QED) is 0.767. The molecule has 1 amide bonds. The van der Waals surface area contributed by atoms with E-state index in [4.69, 9.17) is 0 Å². The van der Waals surface area contributed by atoms with Crippen LogP contribution >= 0.6 is 11.3 Å². The molecule has 11 heteroatoms. The van der Waals surface area contributed by atoms with Crippen molar-refractivity contribution in [2.24, 2.45) is 0 Å². The van der Waals surface area contributed by atoms with E-state index in [1.807, 2.05) is 4.72 Å². The Morgan fingerprint density at radius 1 is 1.36 bits per heavy atom. The molecule has 2 rings (SSSR count). The molecule has 0 aromatic carbocycles. The van der Waals surface area contributed by atoms with Gasteiger partial charge in [0.05, 0.1) is 17.5 Å². The summed E-state index contributed by atoms with van der Waals surface area (Å²) in [5, 5.41) is 3.99. The third-order valence-electron chi connectivity index (χ3n) is 2.70. The van der Waals surface area contributed by atoms with Crippen molar-refractivity contribution in [3.8, 4) is 0 Å². The number of pyridine rings is 1. The molecule has 6 nitrogen and oxygen atoms in total. The number of carbonyl (C=O) groups excluding carboxylic acids is 1. The standard InChI is InChI=1S/C14H12F3N3O3S2/c1-25(22,23)20-13-11(7-9(8-18-13)14(15,16)17)19-12(21)5-4-10-3-2-6-24-10/h2-8H,1H3,(H,18,20)(H,19,21)/b5-4-. The number of nitrogens with zero attached hydrogens (tertiary/aromatic N) is 1. The molecule has 0 aliphatic heterocycles. The lowest BCUT2D eigenvalue weighted by atomic mass is 10.2. The highest BCUT2D eigenvalue weighted by atomic mass is 32.2. The largest absolute Gasteiger partial charge is 0.417 e. The highest BCUT2D eigenvalue weighted by Crippen LogP contribution is 2.32. The molecule has 2 aromatic rings. The van der Waals surface area contributed by atoms with Gasteiger partial charge in [-0.2, -0.15) is 13.2 Å². The van der Waals surface area contributed by atoms with Crippen LogP contribution < -0.4 is 10.0 Å². The molecule has 25 heavy (non-hydrogen) atoms. The number of alkyl halides is 3. The molecule has 0 saturated heterocycles. The van der Waals surface area contributed by atoms with Crippen LogP contribution in [0.4, 0.5) is 24.7 Å². The number of thiophene rings is 1. The minimum absolute atomic E-state index is 0.402. The molecule has 0 aliphatic rings. The summed E-state index contributed by atoms with van der Waals surface area (Å²) in [5.74, 6) is -1.14. The Morgan fingerprint density at radius 2 is 2.08 bits per heavy atom. The van der Waals surface area contributed by atoms with Crippen molar-refractivity contribution in [3.63, 3.8) is 0 Å². The van der Waals surface area contributed by atoms with Crippen LogP contribution in [0.15, 0.2) is 35.9 Å². The van der Waals surface area contributed by atoms with Crippen LogP contribution in [0.5, 0.6) is 0 Å². The van der Waals surface area contributed by atoms with Gasteiger partial charge in [-0.25, -0.2) is 13.4 Å². The van der Waals surface area contributed by atoms with Gasteiger partial charge in [0.1, 0.15) is 0 Å². The van der Waals surface area contributed by atoms with Crippen LogP contribution in [-0.2, 0) is 21.0 Å². The number of hydrogen-bond acceptors (Lipinski definition) is 5. The van der Waals surface area contributed by atoms with Crippen molar-refractivity contribution in [1.82, 2.24) is 4.98 Å². The van der Waals surface area contributed by atoms with E-state index < -0.39 is 39.2 Å². The van der Waals surface area contributed by atoms with E-state index in [1.165, 1.54) is 17.4 Å². The minimum atomic E-state index is -4.69. The SMILES string of the molecule is CS(=O)(=O)Nc1ncc(C(F)(F)F)cc1NC(=O)/C=C\c1cccs1. The summed E-state index contributed by atoms with van der Waals surface area (Å²) in [6, 6.07) is 4.13. The fraction of sp³-hybridized carbons (Fsp3) is 0.143. The van der Waals surface area contributed by atoms with Crippen LogP contribution in [0, 0.1) is 0 Å². The van der Waals surface area contributed by atoms with E-state index in [2.05, 4.69) is 10.3 Å². The zero-order valence-electron chi connectivity index (χ0n) is 12.7. The van der Waals surface area contributed by atoms with Gasteiger partial charge in [-0.05, 0) is 23.6 Å². The lowest BCUT2D eigenvalue weighted by molar-refractivity contribution is -0.137. The monoisotopic (exact) mass is 391 g/mol. The number of sulfonamides is 1. The van der Waals surface area contributed by atoms with Crippen LogP contribution in [0.25, 0.3) is 6.08 Å². The first-order valence-electron chi connectivity index (χ1n) is 6.62. The molecule has 0 saturated carbocycles. The summed E-state index contributed by atoms with van der Waals surface area (Å²) in [5.41, 5.74) is -1.52. The van der Waals surface area contributed by atoms with E-state index in [0.717, 1.165) is 17.2 Å². The van der Waals surface area contributed by atoms with Gasteiger partial charge >= 0.3 is 6.18 Å². The number of hydrogen-bond donors (Lipinski definition) is 2. The first kappa shape index (κ1) is 18.9. The number of carbonyl (C=O) groups is 1. The number of halogens is 3. The van der Waals surface area contributed by atoms with Gasteiger partial charge in [0.15, 0.2) is 5.82 Å². The van der Waals surface area contributed by atoms with E-state index in [0.29, 0.717) is 12.3 Å². The normalized spacial score (nSPS) is 12.3. The zero-order valence-corrected chi connectivity index (χ0v) is 14.3. The van der Waals surface area contributed by atoms with Crippen LogP contribution in [0.3, 0.4) is 0 Å². The topological polar surface area (TPSA) is 88.2 Å². The molecule has 0 radical (unpaired) electrons. The highest BCUT2D eigenvalue weighted by molar-refractivity contribution is 7.92. The summed E-state index contributed by atoms with van der Waals surface area (Å²) in [4.78, 5) is 16.1. The van der Waals surface area contributed by atoms with Crippen molar-refractivity contribution in [2.75, 3.05) is 16.3 Å². The van der Waals surface area contributed by atoms with E-state index >= 15 is 0 Å². The van der Waals surface area contributed by atoms with Crippen LogP contribution in [0.1, 0.15) is 10.4 Å². The maximum absolute atomic E-state index is 12.8. The first-order chi connectivity index (χ1) is 11.5. The van der Waals surface area contributed by atoms with Crippen molar-refractivity contribution in [1.29, 1.82) is 0 Å². The molecule has 134 valence electrons. The number of anilines is 2. The Balaban J connectivity index is 2.30. The predicted molar refractivity (Wildman–Crippen MR) is 89.7 cm³/mol. The second kappa shape index (κ2) is 7.23. The van der Waals surface area contributed by atoms with Crippen molar-refractivity contribution in [2.45, 2.75) is 6.18 Å². The maximum atomic E-state index is 12.8.